The molecule has 26 heavy (non-hydrogen) atoms. The summed E-state index contributed by atoms with van der Waals surface area (Å²) in [6.07, 6.45) is 4.46. The molecule has 0 saturated heterocycles. The van der Waals surface area contributed by atoms with E-state index in [1.807, 2.05) is 50.2 Å². The molecule has 0 bridgehead atoms. The van der Waals surface area contributed by atoms with Crippen molar-refractivity contribution in [2.75, 3.05) is 6.61 Å². The van der Waals surface area contributed by atoms with Crippen LogP contribution >= 0.6 is 11.6 Å². The minimum atomic E-state index is -0.216. The Kier molecular flexibility index (Phi) is 5.44. The topological polar surface area (TPSA) is 61.0 Å². The lowest BCUT2D eigenvalue weighted by atomic mass is 9.93. The molecule has 0 amide bonds. The lowest BCUT2D eigenvalue weighted by Gasteiger charge is -2.23. The Morgan fingerprint density at radius 2 is 1.96 bits per heavy atom. The van der Waals surface area contributed by atoms with Gasteiger partial charge in [0, 0.05) is 28.9 Å². The molecule has 2 aromatic heterocycles. The number of rotatable bonds is 6. The zero-order valence-electron chi connectivity index (χ0n) is 15.4. The second kappa shape index (κ2) is 7.60. The molecular weight excluding hydrogens is 346 g/mol. The molecule has 0 fully saturated rings. The molecule has 3 aromatic rings. The van der Waals surface area contributed by atoms with E-state index in [-0.39, 0.29) is 5.54 Å². The van der Waals surface area contributed by atoms with Gasteiger partial charge in [0.05, 0.1) is 12.1 Å². The van der Waals surface area contributed by atoms with Gasteiger partial charge in [-0.05, 0) is 49.9 Å². The van der Waals surface area contributed by atoms with Crippen LogP contribution in [0.1, 0.15) is 27.2 Å². The van der Waals surface area contributed by atoms with E-state index >= 15 is 0 Å². The molecule has 0 aliphatic carbocycles. The van der Waals surface area contributed by atoms with Gasteiger partial charge in [-0.3, -0.25) is 4.98 Å². The zero-order chi connectivity index (χ0) is 18.7. The molecule has 2 N–H and O–H groups in total. The number of halogens is 1. The van der Waals surface area contributed by atoms with Crippen molar-refractivity contribution in [3.05, 3.63) is 53.8 Å². The zero-order valence-corrected chi connectivity index (χ0v) is 16.1. The Hall–Kier alpha value is -2.17. The maximum Gasteiger partial charge on any atom is 0.232 e. The standard InChI is InChI=1S/C21H24ClN3O/c1-14(11-21(2,3)23)13-26-20-18(22)10-15(12-25-20)16-8-9-24-19-7-5-4-6-17(16)19/h4-10,12,14H,11,13,23H2,1-3H3. The van der Waals surface area contributed by atoms with Crippen LogP contribution in [0.15, 0.2) is 48.8 Å². The van der Waals surface area contributed by atoms with Crippen molar-refractivity contribution in [3.8, 4) is 17.0 Å². The number of aromatic nitrogens is 2. The number of pyridine rings is 2. The maximum atomic E-state index is 6.42. The molecule has 0 radical (unpaired) electrons. The summed E-state index contributed by atoms with van der Waals surface area (Å²) in [5.74, 6) is 0.771. The highest BCUT2D eigenvalue weighted by atomic mass is 35.5. The largest absolute Gasteiger partial charge is 0.476 e. The van der Waals surface area contributed by atoms with Crippen molar-refractivity contribution in [2.24, 2.45) is 11.7 Å². The summed E-state index contributed by atoms with van der Waals surface area (Å²) in [6, 6.07) is 11.9. The molecule has 0 spiro atoms. The van der Waals surface area contributed by atoms with Gasteiger partial charge in [-0.25, -0.2) is 4.98 Å². The van der Waals surface area contributed by atoms with Gasteiger partial charge in [0.25, 0.3) is 0 Å². The second-order valence-electron chi connectivity index (χ2n) is 7.50. The predicted molar refractivity (Wildman–Crippen MR) is 108 cm³/mol. The third kappa shape index (κ3) is 4.51. The van der Waals surface area contributed by atoms with E-state index in [0.717, 1.165) is 28.5 Å². The van der Waals surface area contributed by atoms with Crippen LogP contribution in [0.5, 0.6) is 5.88 Å². The van der Waals surface area contributed by atoms with Crippen LogP contribution < -0.4 is 10.5 Å². The fraction of sp³-hybridized carbons (Fsp3) is 0.333. The van der Waals surface area contributed by atoms with Gasteiger partial charge >= 0.3 is 0 Å². The summed E-state index contributed by atoms with van der Waals surface area (Å²) >= 11 is 6.42. The highest BCUT2D eigenvalue weighted by molar-refractivity contribution is 6.32. The molecule has 1 atom stereocenters. The lowest BCUT2D eigenvalue weighted by Crippen LogP contribution is -2.35. The van der Waals surface area contributed by atoms with Gasteiger partial charge in [-0.2, -0.15) is 0 Å². The molecule has 0 saturated carbocycles. The molecule has 0 aliphatic rings. The average Bonchev–Trinajstić information content (AvgIpc) is 2.58. The maximum absolute atomic E-state index is 6.42. The first-order valence-corrected chi connectivity index (χ1v) is 9.12. The van der Waals surface area contributed by atoms with Crippen molar-refractivity contribution in [3.63, 3.8) is 0 Å². The highest BCUT2D eigenvalue weighted by Gasteiger charge is 2.17. The van der Waals surface area contributed by atoms with Gasteiger partial charge < -0.3 is 10.5 Å². The van der Waals surface area contributed by atoms with Crippen LogP contribution in [0.2, 0.25) is 5.02 Å². The Labute approximate surface area is 159 Å². The van der Waals surface area contributed by atoms with Crippen LogP contribution in [0.3, 0.4) is 0 Å². The first kappa shape index (κ1) is 18.6. The smallest absolute Gasteiger partial charge is 0.232 e. The average molecular weight is 370 g/mol. The number of nitrogens with two attached hydrogens (primary N) is 1. The molecule has 2 heterocycles. The fourth-order valence-electron chi connectivity index (χ4n) is 3.20. The summed E-state index contributed by atoms with van der Waals surface area (Å²) < 4.78 is 5.81. The summed E-state index contributed by atoms with van der Waals surface area (Å²) in [6.45, 7) is 6.68. The van der Waals surface area contributed by atoms with Crippen LogP contribution in [0.25, 0.3) is 22.0 Å². The highest BCUT2D eigenvalue weighted by Crippen LogP contribution is 2.32. The number of nitrogens with zero attached hydrogens (tertiary/aromatic N) is 2. The quantitative estimate of drug-likeness (QED) is 0.657. The van der Waals surface area contributed by atoms with E-state index in [0.29, 0.717) is 23.4 Å². The van der Waals surface area contributed by atoms with Crippen LogP contribution in [-0.4, -0.2) is 22.1 Å². The molecular formula is C21H24ClN3O. The van der Waals surface area contributed by atoms with Gasteiger partial charge in [0.1, 0.15) is 5.02 Å². The van der Waals surface area contributed by atoms with Crippen molar-refractivity contribution in [1.29, 1.82) is 0 Å². The van der Waals surface area contributed by atoms with Crippen molar-refractivity contribution in [2.45, 2.75) is 32.7 Å². The molecule has 1 aromatic carbocycles. The fourth-order valence-corrected chi connectivity index (χ4v) is 3.43. The molecule has 0 aliphatic heterocycles. The van der Waals surface area contributed by atoms with E-state index in [2.05, 4.69) is 16.9 Å². The second-order valence-corrected chi connectivity index (χ2v) is 7.90. The van der Waals surface area contributed by atoms with Crippen LogP contribution in [0, 0.1) is 5.92 Å². The Bertz CT molecular complexity index is 900. The van der Waals surface area contributed by atoms with Gasteiger partial charge in [0.15, 0.2) is 0 Å². The monoisotopic (exact) mass is 369 g/mol. The molecule has 3 rings (SSSR count). The minimum Gasteiger partial charge on any atom is -0.476 e. The first-order valence-electron chi connectivity index (χ1n) is 8.75. The lowest BCUT2D eigenvalue weighted by molar-refractivity contribution is 0.223. The van der Waals surface area contributed by atoms with Crippen LogP contribution in [0.4, 0.5) is 0 Å². The van der Waals surface area contributed by atoms with Crippen LogP contribution in [-0.2, 0) is 0 Å². The molecule has 4 nitrogen and oxygen atoms in total. The summed E-state index contributed by atoms with van der Waals surface area (Å²) in [5, 5.41) is 1.57. The number of para-hydroxylation sites is 1. The van der Waals surface area contributed by atoms with E-state index in [9.17, 15) is 0 Å². The molecule has 1 unspecified atom stereocenters. The first-order chi connectivity index (χ1) is 12.3. The van der Waals surface area contributed by atoms with E-state index in [4.69, 9.17) is 22.1 Å². The van der Waals surface area contributed by atoms with E-state index in [1.165, 1.54) is 0 Å². The number of fused-ring (bicyclic) bond motifs is 1. The Balaban J connectivity index is 1.79. The van der Waals surface area contributed by atoms with Gasteiger partial charge in [-0.1, -0.05) is 36.7 Å². The summed E-state index contributed by atoms with van der Waals surface area (Å²) in [4.78, 5) is 8.82. The van der Waals surface area contributed by atoms with Crippen molar-refractivity contribution < 1.29 is 4.74 Å². The van der Waals surface area contributed by atoms with Crippen molar-refractivity contribution >= 4 is 22.5 Å². The predicted octanol–water partition coefficient (Wildman–Crippen LogP) is 5.09. The number of hydrogen-bond acceptors (Lipinski definition) is 4. The van der Waals surface area contributed by atoms with Gasteiger partial charge in [-0.15, -0.1) is 0 Å². The minimum absolute atomic E-state index is 0.216. The Morgan fingerprint density at radius 1 is 1.19 bits per heavy atom. The SMILES string of the molecule is CC(COc1ncc(-c2ccnc3ccccc23)cc1Cl)CC(C)(C)N. The summed E-state index contributed by atoms with van der Waals surface area (Å²) in [5.41, 5.74) is 8.78. The summed E-state index contributed by atoms with van der Waals surface area (Å²) in [7, 11) is 0. The van der Waals surface area contributed by atoms with E-state index in [1.54, 1.807) is 12.4 Å². The third-order valence-corrected chi connectivity index (χ3v) is 4.42. The molecule has 136 valence electrons. The van der Waals surface area contributed by atoms with E-state index < -0.39 is 0 Å². The molecule has 5 heteroatoms. The normalized spacial score (nSPS) is 13.0. The number of ether oxygens (including phenoxy) is 1. The van der Waals surface area contributed by atoms with Gasteiger partial charge in [0.2, 0.25) is 5.88 Å². The number of hydrogen-bond donors (Lipinski definition) is 1. The van der Waals surface area contributed by atoms with Crippen molar-refractivity contribution in [1.82, 2.24) is 9.97 Å². The number of benzene rings is 1. The third-order valence-electron chi connectivity index (χ3n) is 4.15. The Morgan fingerprint density at radius 3 is 2.69 bits per heavy atom.